The van der Waals surface area contributed by atoms with E-state index in [1.165, 1.54) is 0 Å². The highest BCUT2D eigenvalue weighted by Gasteiger charge is 2.39. The van der Waals surface area contributed by atoms with E-state index in [-0.39, 0.29) is 17.6 Å². The summed E-state index contributed by atoms with van der Waals surface area (Å²) in [5, 5.41) is 3.76. The SMILES string of the molecule is Cc1nc2ccc(Cl)cn2c1C(=O)N[C@H]1CCOC2(CCOCC2)C1. The maximum atomic E-state index is 12.9. The number of nitrogens with zero attached hydrogens (tertiary/aromatic N) is 2. The van der Waals surface area contributed by atoms with Crippen LogP contribution in [0.1, 0.15) is 41.9 Å². The Morgan fingerprint density at radius 3 is 2.96 bits per heavy atom. The smallest absolute Gasteiger partial charge is 0.270 e. The van der Waals surface area contributed by atoms with E-state index in [9.17, 15) is 4.79 Å². The van der Waals surface area contributed by atoms with Gasteiger partial charge in [-0.15, -0.1) is 0 Å². The number of rotatable bonds is 2. The lowest BCUT2D eigenvalue weighted by Gasteiger charge is -2.43. The lowest BCUT2D eigenvalue weighted by atomic mass is 9.84. The van der Waals surface area contributed by atoms with E-state index < -0.39 is 0 Å². The number of pyridine rings is 1. The molecule has 2 fully saturated rings. The van der Waals surface area contributed by atoms with E-state index in [0.29, 0.717) is 23.0 Å². The van der Waals surface area contributed by atoms with Crippen LogP contribution in [0.5, 0.6) is 0 Å². The van der Waals surface area contributed by atoms with Crippen molar-refractivity contribution in [2.24, 2.45) is 0 Å². The molecule has 25 heavy (non-hydrogen) atoms. The molecular weight excluding hydrogens is 342 g/mol. The number of aryl methyl sites for hydroxylation is 1. The van der Waals surface area contributed by atoms with Gasteiger partial charge in [0.25, 0.3) is 5.91 Å². The molecule has 4 heterocycles. The fraction of sp³-hybridized carbons (Fsp3) is 0.556. The van der Waals surface area contributed by atoms with E-state index in [2.05, 4.69) is 10.3 Å². The molecule has 0 saturated carbocycles. The van der Waals surface area contributed by atoms with Gasteiger partial charge in [0.1, 0.15) is 11.3 Å². The van der Waals surface area contributed by atoms with Crippen LogP contribution in [0.2, 0.25) is 5.02 Å². The van der Waals surface area contributed by atoms with Crippen LogP contribution < -0.4 is 5.32 Å². The van der Waals surface area contributed by atoms with Gasteiger partial charge in [0.2, 0.25) is 0 Å². The van der Waals surface area contributed by atoms with Gasteiger partial charge < -0.3 is 14.8 Å². The quantitative estimate of drug-likeness (QED) is 0.891. The van der Waals surface area contributed by atoms with Crippen molar-refractivity contribution in [2.45, 2.75) is 44.2 Å². The fourth-order valence-corrected chi connectivity index (χ4v) is 4.07. The molecule has 2 aromatic rings. The minimum Gasteiger partial charge on any atom is -0.381 e. The number of ether oxygens (including phenoxy) is 2. The molecule has 2 aromatic heterocycles. The largest absolute Gasteiger partial charge is 0.381 e. The highest BCUT2D eigenvalue weighted by molar-refractivity contribution is 6.30. The minimum absolute atomic E-state index is 0.100. The second-order valence-electron chi connectivity index (χ2n) is 6.93. The van der Waals surface area contributed by atoms with Crippen molar-refractivity contribution in [3.63, 3.8) is 0 Å². The van der Waals surface area contributed by atoms with Crippen LogP contribution in [-0.4, -0.2) is 46.8 Å². The van der Waals surface area contributed by atoms with Crippen molar-refractivity contribution in [1.82, 2.24) is 14.7 Å². The van der Waals surface area contributed by atoms with Gasteiger partial charge in [0, 0.05) is 32.1 Å². The monoisotopic (exact) mass is 363 g/mol. The summed E-state index contributed by atoms with van der Waals surface area (Å²) in [6, 6.07) is 3.69. The van der Waals surface area contributed by atoms with Crippen LogP contribution >= 0.6 is 11.6 Å². The average Bonchev–Trinajstić information content (AvgIpc) is 2.90. The van der Waals surface area contributed by atoms with E-state index in [0.717, 1.165) is 44.5 Å². The molecule has 0 bridgehead atoms. The molecule has 1 amide bonds. The van der Waals surface area contributed by atoms with Crippen LogP contribution in [0.25, 0.3) is 5.65 Å². The van der Waals surface area contributed by atoms with E-state index >= 15 is 0 Å². The van der Waals surface area contributed by atoms with Crippen molar-refractivity contribution in [3.8, 4) is 0 Å². The highest BCUT2D eigenvalue weighted by Crippen LogP contribution is 2.34. The van der Waals surface area contributed by atoms with Gasteiger partial charge in [-0.1, -0.05) is 11.6 Å². The van der Waals surface area contributed by atoms with Crippen molar-refractivity contribution in [3.05, 3.63) is 34.7 Å². The summed E-state index contributed by atoms with van der Waals surface area (Å²) in [5.74, 6) is -0.110. The third-order valence-corrected chi connectivity index (χ3v) is 5.43. The Kier molecular flexibility index (Phi) is 4.43. The predicted molar refractivity (Wildman–Crippen MR) is 94.2 cm³/mol. The van der Waals surface area contributed by atoms with Gasteiger partial charge in [-0.3, -0.25) is 9.20 Å². The number of halogens is 1. The van der Waals surface area contributed by atoms with Gasteiger partial charge in [-0.05, 0) is 44.7 Å². The van der Waals surface area contributed by atoms with Gasteiger partial charge in [0.15, 0.2) is 0 Å². The minimum atomic E-state index is -0.147. The number of carbonyl (C=O) groups is 1. The summed E-state index contributed by atoms with van der Waals surface area (Å²) in [7, 11) is 0. The Balaban J connectivity index is 1.54. The Labute approximate surface area is 151 Å². The molecule has 134 valence electrons. The first-order valence-electron chi connectivity index (χ1n) is 8.73. The summed E-state index contributed by atoms with van der Waals surface area (Å²) in [4.78, 5) is 17.4. The van der Waals surface area contributed by atoms with E-state index in [1.807, 2.05) is 13.0 Å². The zero-order valence-corrected chi connectivity index (χ0v) is 15.0. The van der Waals surface area contributed by atoms with E-state index in [1.54, 1.807) is 16.7 Å². The molecule has 1 spiro atoms. The lowest BCUT2D eigenvalue weighted by Crippen LogP contribution is -2.51. The zero-order chi connectivity index (χ0) is 17.4. The number of hydrogen-bond donors (Lipinski definition) is 1. The molecule has 2 saturated heterocycles. The molecule has 2 aliphatic rings. The molecule has 0 radical (unpaired) electrons. The van der Waals surface area contributed by atoms with E-state index in [4.69, 9.17) is 21.1 Å². The van der Waals surface area contributed by atoms with Crippen LogP contribution in [0, 0.1) is 6.92 Å². The third kappa shape index (κ3) is 3.26. The first-order valence-corrected chi connectivity index (χ1v) is 9.11. The Bertz CT molecular complexity index is 793. The number of aromatic nitrogens is 2. The summed E-state index contributed by atoms with van der Waals surface area (Å²) < 4.78 is 13.3. The maximum Gasteiger partial charge on any atom is 0.270 e. The Hall–Kier alpha value is -1.63. The molecule has 1 atom stereocenters. The Morgan fingerprint density at radius 2 is 2.16 bits per heavy atom. The molecule has 1 N–H and O–H groups in total. The topological polar surface area (TPSA) is 64.9 Å². The average molecular weight is 364 g/mol. The van der Waals surface area contributed by atoms with Crippen LogP contribution in [0.3, 0.4) is 0 Å². The van der Waals surface area contributed by atoms with Gasteiger partial charge in [-0.2, -0.15) is 0 Å². The number of hydrogen-bond acceptors (Lipinski definition) is 4. The van der Waals surface area contributed by atoms with Gasteiger partial charge in [-0.25, -0.2) is 4.98 Å². The van der Waals surface area contributed by atoms with Crippen LogP contribution in [0.15, 0.2) is 18.3 Å². The fourth-order valence-electron chi connectivity index (χ4n) is 3.91. The van der Waals surface area contributed by atoms with Gasteiger partial charge >= 0.3 is 0 Å². The van der Waals surface area contributed by atoms with Crippen molar-refractivity contribution >= 4 is 23.2 Å². The molecule has 0 aromatic carbocycles. The van der Waals surface area contributed by atoms with Crippen LogP contribution in [-0.2, 0) is 9.47 Å². The van der Waals surface area contributed by atoms with Crippen molar-refractivity contribution < 1.29 is 14.3 Å². The number of carbonyl (C=O) groups excluding carboxylic acids is 1. The second-order valence-corrected chi connectivity index (χ2v) is 7.36. The first-order chi connectivity index (χ1) is 12.1. The Morgan fingerprint density at radius 1 is 1.36 bits per heavy atom. The summed E-state index contributed by atoms with van der Waals surface area (Å²) in [6.07, 6.45) is 5.17. The predicted octanol–water partition coefficient (Wildman–Crippen LogP) is 2.75. The van der Waals surface area contributed by atoms with Crippen molar-refractivity contribution in [1.29, 1.82) is 0 Å². The third-order valence-electron chi connectivity index (χ3n) is 5.20. The normalized spacial score (nSPS) is 23.0. The number of fused-ring (bicyclic) bond motifs is 1. The highest BCUT2D eigenvalue weighted by atomic mass is 35.5. The molecule has 0 unspecified atom stereocenters. The molecular formula is C18H22ClN3O3. The molecule has 4 rings (SSSR count). The number of nitrogens with one attached hydrogen (secondary N) is 1. The molecule has 0 aliphatic carbocycles. The van der Waals surface area contributed by atoms with Crippen LogP contribution in [0.4, 0.5) is 0 Å². The summed E-state index contributed by atoms with van der Waals surface area (Å²) in [6.45, 7) is 3.97. The van der Waals surface area contributed by atoms with Crippen molar-refractivity contribution in [2.75, 3.05) is 19.8 Å². The zero-order valence-electron chi connectivity index (χ0n) is 14.3. The lowest BCUT2D eigenvalue weighted by molar-refractivity contribution is -0.139. The van der Waals surface area contributed by atoms with Gasteiger partial charge in [0.05, 0.1) is 16.3 Å². The standard InChI is InChI=1S/C18H22ClN3O3/c1-12-16(22-11-13(19)2-3-15(22)20-12)17(23)21-14-4-7-25-18(10-14)5-8-24-9-6-18/h2-3,11,14H,4-10H2,1H3,(H,21,23)/t14-/m0/s1. The molecule has 7 heteroatoms. The molecule has 6 nitrogen and oxygen atoms in total. The molecule has 2 aliphatic heterocycles. The summed E-state index contributed by atoms with van der Waals surface area (Å²) >= 11 is 6.09. The first kappa shape index (κ1) is 16.8. The number of amides is 1. The summed E-state index contributed by atoms with van der Waals surface area (Å²) in [5.41, 5.74) is 1.82. The second kappa shape index (κ2) is 6.59. The maximum absolute atomic E-state index is 12.9. The number of imidazole rings is 1.